The molecule has 1 aromatic carbocycles. The number of hydrogen-bond acceptors (Lipinski definition) is 5. The van der Waals surface area contributed by atoms with Crippen molar-refractivity contribution < 1.29 is 13.2 Å². The van der Waals surface area contributed by atoms with Gasteiger partial charge in [0.2, 0.25) is 15.9 Å². The lowest BCUT2D eigenvalue weighted by Gasteiger charge is -2.17. The molecule has 0 spiro atoms. The quantitative estimate of drug-likeness (QED) is 0.671. The second kappa shape index (κ2) is 8.89. The van der Waals surface area contributed by atoms with Gasteiger partial charge in [0.25, 0.3) is 0 Å². The number of rotatable bonds is 7. The molecule has 158 valence electrons. The molecule has 9 heteroatoms. The maximum Gasteiger partial charge on any atom is 0.242 e. The number of nitrogens with zero attached hydrogens (tertiary/aromatic N) is 3. The smallest absolute Gasteiger partial charge is 0.242 e. The number of aryl methyl sites for hydroxylation is 1. The van der Waals surface area contributed by atoms with E-state index in [1.165, 1.54) is 69.4 Å². The molecule has 1 amide bonds. The summed E-state index contributed by atoms with van der Waals surface area (Å²) in [6.45, 7) is 4.10. The molecular formula is C20H28N4O3S2. The predicted octanol–water partition coefficient (Wildman–Crippen LogP) is 3.60. The van der Waals surface area contributed by atoms with E-state index in [0.29, 0.717) is 11.7 Å². The van der Waals surface area contributed by atoms with E-state index in [4.69, 9.17) is 0 Å². The summed E-state index contributed by atoms with van der Waals surface area (Å²) in [6, 6.07) is 6.68. The van der Waals surface area contributed by atoms with Gasteiger partial charge in [0.15, 0.2) is 5.16 Å². The average molecular weight is 437 g/mol. The number of carbonyl (C=O) groups excluding carboxylic acids is 1. The molecule has 1 heterocycles. The largest absolute Gasteiger partial charge is 0.325 e. The molecule has 3 rings (SSSR count). The minimum atomic E-state index is -3.48. The Hall–Kier alpha value is -1.84. The zero-order chi connectivity index (χ0) is 21.2. The van der Waals surface area contributed by atoms with E-state index in [1.807, 2.05) is 6.92 Å². The summed E-state index contributed by atoms with van der Waals surface area (Å²) in [5, 5.41) is 3.72. The van der Waals surface area contributed by atoms with Crippen LogP contribution >= 0.6 is 11.8 Å². The molecule has 0 atom stereocenters. The lowest BCUT2D eigenvalue weighted by molar-refractivity contribution is -0.113. The van der Waals surface area contributed by atoms with Crippen molar-refractivity contribution >= 4 is 33.4 Å². The van der Waals surface area contributed by atoms with Gasteiger partial charge in [-0.05, 0) is 51.0 Å². The first kappa shape index (κ1) is 21.9. The zero-order valence-corrected chi connectivity index (χ0v) is 18.9. The Bertz CT molecular complexity index is 976. The first-order chi connectivity index (χ1) is 13.7. The van der Waals surface area contributed by atoms with Crippen LogP contribution in [0.15, 0.2) is 34.3 Å². The van der Waals surface area contributed by atoms with E-state index in [-0.39, 0.29) is 16.6 Å². The van der Waals surface area contributed by atoms with Crippen molar-refractivity contribution in [1.82, 2.24) is 13.9 Å². The van der Waals surface area contributed by atoms with Gasteiger partial charge in [-0.3, -0.25) is 4.79 Å². The van der Waals surface area contributed by atoms with Crippen molar-refractivity contribution in [1.29, 1.82) is 0 Å². The van der Waals surface area contributed by atoms with Crippen LogP contribution in [0.4, 0.5) is 5.69 Å². The van der Waals surface area contributed by atoms with Crippen LogP contribution < -0.4 is 5.32 Å². The van der Waals surface area contributed by atoms with Crippen molar-refractivity contribution in [2.45, 2.75) is 55.6 Å². The maximum absolute atomic E-state index is 12.4. The summed E-state index contributed by atoms with van der Waals surface area (Å²) in [5.41, 5.74) is 2.76. The summed E-state index contributed by atoms with van der Waals surface area (Å²) in [5.74, 6) is 0.106. The number of hydrogen-bond donors (Lipinski definition) is 1. The molecule has 1 aliphatic carbocycles. The Morgan fingerprint density at radius 2 is 1.83 bits per heavy atom. The number of benzene rings is 1. The van der Waals surface area contributed by atoms with Gasteiger partial charge >= 0.3 is 0 Å². The van der Waals surface area contributed by atoms with Crippen molar-refractivity contribution in [2.75, 3.05) is 25.2 Å². The van der Waals surface area contributed by atoms with Crippen LogP contribution in [0.25, 0.3) is 0 Å². The number of amides is 1. The van der Waals surface area contributed by atoms with Gasteiger partial charge in [-0.1, -0.05) is 24.6 Å². The van der Waals surface area contributed by atoms with Gasteiger partial charge in [-0.25, -0.2) is 17.7 Å². The zero-order valence-electron chi connectivity index (χ0n) is 17.3. The molecule has 0 aliphatic heterocycles. The standard InChI is InChI=1S/C20H28N4O3S2/c1-14-15(2)24(17-7-5-6-8-17)20(21-14)28-13-19(25)22-16-9-11-18(12-10-16)29(26,27)23(3)4/h9-12,17H,5-8,13H2,1-4H3,(H,22,25). The van der Waals surface area contributed by atoms with E-state index in [0.717, 1.165) is 15.2 Å². The fraction of sp³-hybridized carbons (Fsp3) is 0.500. The van der Waals surface area contributed by atoms with Crippen LogP contribution in [0.2, 0.25) is 0 Å². The van der Waals surface area contributed by atoms with Crippen molar-refractivity contribution in [3.8, 4) is 0 Å². The van der Waals surface area contributed by atoms with Crippen molar-refractivity contribution in [2.24, 2.45) is 0 Å². The van der Waals surface area contributed by atoms with Gasteiger partial charge in [0.1, 0.15) is 0 Å². The number of anilines is 1. The highest BCUT2D eigenvalue weighted by molar-refractivity contribution is 7.99. The fourth-order valence-corrected chi connectivity index (χ4v) is 5.40. The lowest BCUT2D eigenvalue weighted by atomic mass is 10.2. The topological polar surface area (TPSA) is 84.3 Å². The summed E-state index contributed by atoms with van der Waals surface area (Å²) in [6.07, 6.45) is 4.81. The summed E-state index contributed by atoms with van der Waals surface area (Å²) >= 11 is 1.44. The Morgan fingerprint density at radius 3 is 2.41 bits per heavy atom. The molecule has 0 unspecified atom stereocenters. The highest BCUT2D eigenvalue weighted by Crippen LogP contribution is 2.35. The van der Waals surface area contributed by atoms with E-state index >= 15 is 0 Å². The highest BCUT2D eigenvalue weighted by atomic mass is 32.2. The average Bonchev–Trinajstić information content (AvgIpc) is 3.29. The second-order valence-corrected chi connectivity index (χ2v) is 10.6. The van der Waals surface area contributed by atoms with Gasteiger partial charge < -0.3 is 9.88 Å². The van der Waals surface area contributed by atoms with Crippen LogP contribution in [0.5, 0.6) is 0 Å². The Kier molecular flexibility index (Phi) is 6.70. The van der Waals surface area contributed by atoms with Gasteiger partial charge in [0.05, 0.1) is 16.3 Å². The highest BCUT2D eigenvalue weighted by Gasteiger charge is 2.23. The number of thioether (sulfide) groups is 1. The van der Waals surface area contributed by atoms with E-state index in [1.54, 1.807) is 12.1 Å². The number of sulfonamides is 1. The third-order valence-corrected chi connectivity index (χ3v) is 8.08. The molecule has 1 N–H and O–H groups in total. The molecule has 29 heavy (non-hydrogen) atoms. The summed E-state index contributed by atoms with van der Waals surface area (Å²) in [4.78, 5) is 17.3. The number of carbonyl (C=O) groups is 1. The summed E-state index contributed by atoms with van der Waals surface area (Å²) < 4.78 is 27.7. The SMILES string of the molecule is Cc1nc(SCC(=O)Nc2ccc(S(=O)(=O)N(C)C)cc2)n(C2CCCC2)c1C. The van der Waals surface area contributed by atoms with E-state index in [9.17, 15) is 13.2 Å². The van der Waals surface area contributed by atoms with Crippen LogP contribution in [0.3, 0.4) is 0 Å². The Labute approximate surface area is 176 Å². The second-order valence-electron chi connectivity index (χ2n) is 7.52. The van der Waals surface area contributed by atoms with E-state index in [2.05, 4.69) is 21.8 Å². The molecule has 0 saturated heterocycles. The molecule has 7 nitrogen and oxygen atoms in total. The minimum absolute atomic E-state index is 0.144. The first-order valence-corrected chi connectivity index (χ1v) is 12.1. The van der Waals surface area contributed by atoms with Crippen molar-refractivity contribution in [3.63, 3.8) is 0 Å². The number of imidazole rings is 1. The van der Waals surface area contributed by atoms with Gasteiger partial charge in [-0.15, -0.1) is 0 Å². The molecule has 1 aromatic heterocycles. The molecule has 2 aromatic rings. The normalized spacial score (nSPS) is 15.2. The lowest BCUT2D eigenvalue weighted by Crippen LogP contribution is -2.22. The van der Waals surface area contributed by atoms with Crippen LogP contribution in [0, 0.1) is 13.8 Å². The van der Waals surface area contributed by atoms with Crippen LogP contribution in [0.1, 0.15) is 43.1 Å². The van der Waals surface area contributed by atoms with Crippen LogP contribution in [-0.2, 0) is 14.8 Å². The molecule has 1 aliphatic rings. The fourth-order valence-electron chi connectivity index (χ4n) is 3.54. The predicted molar refractivity (Wildman–Crippen MR) is 116 cm³/mol. The minimum Gasteiger partial charge on any atom is -0.325 e. The molecule has 1 saturated carbocycles. The molecule has 0 bridgehead atoms. The van der Waals surface area contributed by atoms with Gasteiger partial charge in [-0.2, -0.15) is 0 Å². The third-order valence-electron chi connectivity index (χ3n) is 5.29. The summed E-state index contributed by atoms with van der Waals surface area (Å²) in [7, 11) is -0.503. The Morgan fingerprint density at radius 1 is 1.21 bits per heavy atom. The van der Waals surface area contributed by atoms with Crippen molar-refractivity contribution in [3.05, 3.63) is 35.7 Å². The third kappa shape index (κ3) is 4.84. The monoisotopic (exact) mass is 436 g/mol. The van der Waals surface area contributed by atoms with E-state index < -0.39 is 10.0 Å². The molecule has 1 fully saturated rings. The molecular weight excluding hydrogens is 408 g/mol. The molecule has 0 radical (unpaired) electrons. The Balaban J connectivity index is 1.63. The van der Waals surface area contributed by atoms with Gasteiger partial charge in [0, 0.05) is 31.5 Å². The van der Waals surface area contributed by atoms with Crippen LogP contribution in [-0.4, -0.2) is 48.0 Å². The number of nitrogens with one attached hydrogen (secondary N) is 1. The first-order valence-electron chi connectivity index (χ1n) is 9.71. The number of aromatic nitrogens is 2. The maximum atomic E-state index is 12.4.